The van der Waals surface area contributed by atoms with E-state index in [9.17, 15) is 9.59 Å². The van der Waals surface area contributed by atoms with E-state index in [1.807, 2.05) is 6.26 Å². The van der Waals surface area contributed by atoms with Crippen molar-refractivity contribution in [3.05, 3.63) is 34.9 Å². The van der Waals surface area contributed by atoms with Crippen LogP contribution < -0.4 is 5.32 Å². The predicted octanol–water partition coefficient (Wildman–Crippen LogP) is 2.26. The molecule has 1 rings (SSSR count). The summed E-state index contributed by atoms with van der Waals surface area (Å²) in [6.45, 7) is -0.328. The smallest absolute Gasteiger partial charge is 0.329 e. The number of carbonyl (C=O) groups is 2. The fourth-order valence-corrected chi connectivity index (χ4v) is 2.13. The molecular formula is C14H15ClN2O3S. The monoisotopic (exact) mass is 326 g/mol. The Balaban J connectivity index is 2.70. The van der Waals surface area contributed by atoms with Crippen molar-refractivity contribution in [1.82, 2.24) is 5.32 Å². The first kappa shape index (κ1) is 17.3. The van der Waals surface area contributed by atoms with Crippen molar-refractivity contribution >= 4 is 35.2 Å². The van der Waals surface area contributed by atoms with Gasteiger partial charge in [-0.05, 0) is 42.7 Å². The van der Waals surface area contributed by atoms with Gasteiger partial charge in [-0.25, -0.2) is 4.79 Å². The molecular weight excluding hydrogens is 312 g/mol. The maximum Gasteiger partial charge on any atom is 0.329 e. The number of hydrogen-bond donors (Lipinski definition) is 1. The Hall–Kier alpha value is -1.71. The van der Waals surface area contributed by atoms with Crippen LogP contribution in [0.3, 0.4) is 0 Å². The van der Waals surface area contributed by atoms with Gasteiger partial charge in [0.2, 0.25) is 0 Å². The van der Waals surface area contributed by atoms with Crippen LogP contribution in [0.4, 0.5) is 0 Å². The van der Waals surface area contributed by atoms with Crippen LogP contribution in [-0.2, 0) is 9.53 Å². The number of carbonyl (C=O) groups excluding carboxylic acids is 2. The third kappa shape index (κ3) is 6.06. The number of benzene rings is 1. The molecule has 1 N–H and O–H groups in total. The van der Waals surface area contributed by atoms with E-state index in [0.717, 1.165) is 0 Å². The third-order valence-corrected chi connectivity index (χ3v) is 3.48. The normalized spacial score (nSPS) is 11.3. The Labute approximate surface area is 132 Å². The lowest BCUT2D eigenvalue weighted by Gasteiger charge is -2.16. The van der Waals surface area contributed by atoms with Crippen molar-refractivity contribution in [1.29, 1.82) is 5.26 Å². The second kappa shape index (κ2) is 9.27. The Kier molecular flexibility index (Phi) is 7.65. The first-order valence-electron chi connectivity index (χ1n) is 6.17. The average molecular weight is 327 g/mol. The van der Waals surface area contributed by atoms with E-state index in [0.29, 0.717) is 22.8 Å². The van der Waals surface area contributed by atoms with Crippen molar-refractivity contribution in [2.24, 2.45) is 0 Å². The number of hydrogen-bond acceptors (Lipinski definition) is 5. The molecule has 1 atom stereocenters. The van der Waals surface area contributed by atoms with Crippen LogP contribution in [0.2, 0.25) is 5.02 Å². The number of thioether (sulfide) groups is 1. The molecule has 0 aliphatic carbocycles. The second-order valence-corrected chi connectivity index (χ2v) is 5.50. The topological polar surface area (TPSA) is 79.2 Å². The molecule has 1 amide bonds. The van der Waals surface area contributed by atoms with E-state index in [1.165, 1.54) is 0 Å². The van der Waals surface area contributed by atoms with Crippen molar-refractivity contribution in [3.8, 4) is 6.07 Å². The number of ether oxygens (including phenoxy) is 1. The summed E-state index contributed by atoms with van der Waals surface area (Å²) < 4.78 is 4.76. The molecule has 0 bridgehead atoms. The van der Waals surface area contributed by atoms with Gasteiger partial charge in [0.05, 0.1) is 0 Å². The molecule has 0 unspecified atom stereocenters. The van der Waals surface area contributed by atoms with Crippen LogP contribution in [0.1, 0.15) is 16.8 Å². The maximum atomic E-state index is 12.1. The van der Waals surface area contributed by atoms with Gasteiger partial charge in [-0.15, -0.1) is 0 Å². The number of halogens is 1. The second-order valence-electron chi connectivity index (χ2n) is 4.08. The third-order valence-electron chi connectivity index (χ3n) is 2.59. The lowest BCUT2D eigenvalue weighted by molar-refractivity contribution is -0.144. The van der Waals surface area contributed by atoms with Gasteiger partial charge in [0, 0.05) is 10.6 Å². The molecule has 0 fully saturated rings. The van der Waals surface area contributed by atoms with E-state index in [4.69, 9.17) is 21.6 Å². The summed E-state index contributed by atoms with van der Waals surface area (Å²) in [7, 11) is 0. The molecule has 0 aromatic heterocycles. The van der Waals surface area contributed by atoms with Crippen LogP contribution in [-0.4, -0.2) is 36.5 Å². The predicted molar refractivity (Wildman–Crippen MR) is 82.3 cm³/mol. The molecule has 0 heterocycles. The molecule has 1 aromatic carbocycles. The van der Waals surface area contributed by atoms with E-state index in [2.05, 4.69) is 5.32 Å². The van der Waals surface area contributed by atoms with E-state index >= 15 is 0 Å². The van der Waals surface area contributed by atoms with Crippen molar-refractivity contribution in [3.63, 3.8) is 0 Å². The van der Waals surface area contributed by atoms with Gasteiger partial charge in [-0.1, -0.05) is 11.6 Å². The lowest BCUT2D eigenvalue weighted by atomic mass is 10.1. The van der Waals surface area contributed by atoms with Gasteiger partial charge in [-0.2, -0.15) is 17.0 Å². The average Bonchev–Trinajstić information content (AvgIpc) is 2.49. The highest BCUT2D eigenvalue weighted by molar-refractivity contribution is 7.98. The largest absolute Gasteiger partial charge is 0.449 e. The summed E-state index contributed by atoms with van der Waals surface area (Å²) in [6.07, 6.45) is 2.34. The van der Waals surface area contributed by atoms with Crippen LogP contribution in [0, 0.1) is 11.3 Å². The highest BCUT2D eigenvalue weighted by Gasteiger charge is 2.22. The summed E-state index contributed by atoms with van der Waals surface area (Å²) in [6, 6.07) is 7.30. The molecule has 0 aliphatic heterocycles. The lowest BCUT2D eigenvalue weighted by Crippen LogP contribution is -2.42. The minimum absolute atomic E-state index is 0.328. The molecule has 0 saturated heterocycles. The van der Waals surface area contributed by atoms with Crippen molar-refractivity contribution < 1.29 is 14.3 Å². The van der Waals surface area contributed by atoms with Crippen LogP contribution in [0.15, 0.2) is 24.3 Å². The molecule has 0 spiro atoms. The molecule has 5 nitrogen and oxygen atoms in total. The zero-order valence-corrected chi connectivity index (χ0v) is 13.0. The quantitative estimate of drug-likeness (QED) is 0.777. The molecule has 1 aromatic rings. The number of amides is 1. The van der Waals surface area contributed by atoms with Gasteiger partial charge in [-0.3, -0.25) is 4.79 Å². The Morgan fingerprint density at radius 3 is 2.67 bits per heavy atom. The highest BCUT2D eigenvalue weighted by Crippen LogP contribution is 2.10. The van der Waals surface area contributed by atoms with Gasteiger partial charge >= 0.3 is 5.97 Å². The number of nitriles is 1. The first-order chi connectivity index (χ1) is 10.1. The minimum atomic E-state index is -0.769. The van der Waals surface area contributed by atoms with Gasteiger partial charge < -0.3 is 10.1 Å². The fourth-order valence-electron chi connectivity index (χ4n) is 1.53. The number of esters is 1. The highest BCUT2D eigenvalue weighted by atomic mass is 35.5. The number of nitrogens with zero attached hydrogens (tertiary/aromatic N) is 1. The van der Waals surface area contributed by atoms with Gasteiger partial charge in [0.15, 0.2) is 6.61 Å². The number of rotatable bonds is 7. The molecule has 21 heavy (non-hydrogen) atoms. The van der Waals surface area contributed by atoms with Gasteiger partial charge in [0.25, 0.3) is 5.91 Å². The molecule has 7 heteroatoms. The summed E-state index contributed by atoms with van der Waals surface area (Å²) in [5, 5.41) is 11.6. The minimum Gasteiger partial charge on any atom is -0.449 e. The number of nitrogens with one attached hydrogen (secondary N) is 1. The Bertz CT molecular complexity index is 528. The van der Waals surface area contributed by atoms with Gasteiger partial charge in [0.1, 0.15) is 12.1 Å². The Morgan fingerprint density at radius 1 is 1.43 bits per heavy atom. The zero-order chi connectivity index (χ0) is 15.7. The van der Waals surface area contributed by atoms with Crippen molar-refractivity contribution in [2.75, 3.05) is 18.6 Å². The molecule has 112 valence electrons. The van der Waals surface area contributed by atoms with Crippen LogP contribution in [0.5, 0.6) is 0 Å². The van der Waals surface area contributed by atoms with E-state index in [1.54, 1.807) is 42.1 Å². The SMILES string of the molecule is CSCC[C@H](NC(=O)c1ccc(Cl)cc1)C(=O)OCC#N. The van der Waals surface area contributed by atoms with E-state index in [-0.39, 0.29) is 12.5 Å². The standard InChI is InChI=1S/C14H15ClN2O3S/c1-21-9-6-12(14(19)20-8-7-16)17-13(18)10-2-4-11(15)5-3-10/h2-5,12H,6,8-9H2,1H3,(H,17,18)/t12-/m0/s1. The van der Waals surface area contributed by atoms with Crippen molar-refractivity contribution in [2.45, 2.75) is 12.5 Å². The Morgan fingerprint density at radius 2 is 2.10 bits per heavy atom. The summed E-state index contributed by atoms with van der Waals surface area (Å²) in [5.41, 5.74) is 0.404. The maximum absolute atomic E-state index is 12.1. The summed E-state index contributed by atoms with van der Waals surface area (Å²) in [5.74, 6) is -0.299. The summed E-state index contributed by atoms with van der Waals surface area (Å²) >= 11 is 7.31. The fraction of sp³-hybridized carbons (Fsp3) is 0.357. The first-order valence-corrected chi connectivity index (χ1v) is 7.94. The molecule has 0 radical (unpaired) electrons. The van der Waals surface area contributed by atoms with Crippen LogP contribution in [0.25, 0.3) is 0 Å². The molecule has 0 aliphatic rings. The van der Waals surface area contributed by atoms with Crippen LogP contribution >= 0.6 is 23.4 Å². The van der Waals surface area contributed by atoms with E-state index < -0.39 is 12.0 Å². The summed E-state index contributed by atoms with van der Waals surface area (Å²) in [4.78, 5) is 23.9. The molecule has 0 saturated carbocycles. The zero-order valence-electron chi connectivity index (χ0n) is 11.5.